The third-order valence-electron chi connectivity index (χ3n) is 3.29. The molecule has 3 rings (SSSR count). The lowest BCUT2D eigenvalue weighted by atomic mass is 9.85. The van der Waals surface area contributed by atoms with Gasteiger partial charge in [0.2, 0.25) is 6.29 Å². The molecule has 0 amide bonds. The fourth-order valence-electron chi connectivity index (χ4n) is 2.28. The lowest BCUT2D eigenvalue weighted by Crippen LogP contribution is -2.48. The highest BCUT2D eigenvalue weighted by molar-refractivity contribution is 5.44. The molecule has 0 saturated heterocycles. The van der Waals surface area contributed by atoms with Crippen molar-refractivity contribution in [2.75, 3.05) is 0 Å². The molecule has 0 spiro atoms. The normalized spacial score (nSPS) is 35.4. The summed E-state index contributed by atoms with van der Waals surface area (Å²) in [6, 6.07) is 5.94. The summed E-state index contributed by atoms with van der Waals surface area (Å²) in [6.07, 6.45) is 2.46. The molecule has 0 radical (unpaired) electrons. The van der Waals surface area contributed by atoms with E-state index in [1.54, 1.807) is 12.2 Å². The van der Waals surface area contributed by atoms with E-state index in [4.69, 9.17) is 9.47 Å². The molecule has 3 nitrogen and oxygen atoms in total. The first-order chi connectivity index (χ1) is 7.59. The molecule has 0 aromatic heterocycles. The largest absolute Gasteiger partial charge is 0.461 e. The second-order valence-electron chi connectivity index (χ2n) is 4.54. The average Bonchev–Trinajstić information content (AvgIpc) is 2.26. The van der Waals surface area contributed by atoms with Crippen LogP contribution in [0, 0.1) is 6.92 Å². The third-order valence-corrected chi connectivity index (χ3v) is 3.29. The Balaban J connectivity index is 2.20. The predicted molar refractivity (Wildman–Crippen MR) is 59.2 cm³/mol. The SMILES string of the molecule is Cc1ccc2c(c1)[C@]1(C)O[C@@H](C=C[C@H]1O)O2. The molecule has 3 atom stereocenters. The Morgan fingerprint density at radius 3 is 2.94 bits per heavy atom. The standard InChI is InChI=1S/C13H14O3/c1-8-3-4-10-9(7-8)13(2)11(14)5-6-12(15-10)16-13/h3-7,11-12,14H,1-2H3/t11-,12+,13+/m1/s1. The molecule has 0 saturated carbocycles. The van der Waals surface area contributed by atoms with E-state index in [-0.39, 0.29) is 6.29 Å². The van der Waals surface area contributed by atoms with Gasteiger partial charge in [-0.2, -0.15) is 0 Å². The van der Waals surface area contributed by atoms with Gasteiger partial charge in [0, 0.05) is 5.56 Å². The minimum Gasteiger partial charge on any atom is -0.461 e. The van der Waals surface area contributed by atoms with Gasteiger partial charge in [0.25, 0.3) is 0 Å². The van der Waals surface area contributed by atoms with Crippen LogP contribution >= 0.6 is 0 Å². The van der Waals surface area contributed by atoms with E-state index in [1.165, 1.54) is 0 Å². The van der Waals surface area contributed by atoms with Crippen molar-refractivity contribution in [1.29, 1.82) is 0 Å². The molecular formula is C13H14O3. The lowest BCUT2D eigenvalue weighted by Gasteiger charge is -2.44. The Morgan fingerprint density at radius 1 is 1.31 bits per heavy atom. The zero-order valence-electron chi connectivity index (χ0n) is 9.31. The van der Waals surface area contributed by atoms with Crippen LogP contribution in [-0.4, -0.2) is 17.5 Å². The third kappa shape index (κ3) is 1.22. The van der Waals surface area contributed by atoms with Crippen LogP contribution in [0.4, 0.5) is 0 Å². The molecule has 3 heteroatoms. The molecule has 2 aliphatic heterocycles. The molecular weight excluding hydrogens is 204 g/mol. The second kappa shape index (κ2) is 3.09. The number of rotatable bonds is 0. The van der Waals surface area contributed by atoms with Crippen LogP contribution in [0.3, 0.4) is 0 Å². The van der Waals surface area contributed by atoms with E-state index < -0.39 is 11.7 Å². The molecule has 84 valence electrons. The maximum Gasteiger partial charge on any atom is 0.220 e. The second-order valence-corrected chi connectivity index (χ2v) is 4.54. The molecule has 1 aromatic rings. The number of aliphatic hydroxyl groups excluding tert-OH is 1. The van der Waals surface area contributed by atoms with E-state index >= 15 is 0 Å². The van der Waals surface area contributed by atoms with Gasteiger partial charge >= 0.3 is 0 Å². The first-order valence-electron chi connectivity index (χ1n) is 5.41. The van der Waals surface area contributed by atoms with E-state index in [0.29, 0.717) is 0 Å². The zero-order chi connectivity index (χ0) is 11.3. The van der Waals surface area contributed by atoms with Gasteiger partial charge in [0.15, 0.2) is 0 Å². The smallest absolute Gasteiger partial charge is 0.220 e. The number of fused-ring (bicyclic) bond motifs is 4. The van der Waals surface area contributed by atoms with Crippen LogP contribution in [-0.2, 0) is 10.3 Å². The monoisotopic (exact) mass is 218 g/mol. The fraction of sp³-hybridized carbons (Fsp3) is 0.385. The van der Waals surface area contributed by atoms with Crippen LogP contribution in [0.15, 0.2) is 30.4 Å². The summed E-state index contributed by atoms with van der Waals surface area (Å²) >= 11 is 0. The van der Waals surface area contributed by atoms with Crippen LogP contribution in [0.2, 0.25) is 0 Å². The van der Waals surface area contributed by atoms with Crippen LogP contribution in [0.25, 0.3) is 0 Å². The van der Waals surface area contributed by atoms with Crippen molar-refractivity contribution in [2.45, 2.75) is 31.8 Å². The van der Waals surface area contributed by atoms with Gasteiger partial charge < -0.3 is 14.6 Å². The first kappa shape index (κ1) is 9.87. The molecule has 2 bridgehead atoms. The number of ether oxygens (including phenoxy) is 2. The number of hydrogen-bond donors (Lipinski definition) is 1. The summed E-state index contributed by atoms with van der Waals surface area (Å²) in [7, 11) is 0. The molecule has 0 fully saturated rings. The number of benzene rings is 1. The van der Waals surface area contributed by atoms with Crippen molar-refractivity contribution >= 4 is 0 Å². The Kier molecular flexibility index (Phi) is 1.91. The summed E-state index contributed by atoms with van der Waals surface area (Å²) in [4.78, 5) is 0. The summed E-state index contributed by atoms with van der Waals surface area (Å²) in [5, 5.41) is 10.1. The van der Waals surface area contributed by atoms with Crippen molar-refractivity contribution in [1.82, 2.24) is 0 Å². The number of hydrogen-bond acceptors (Lipinski definition) is 3. The van der Waals surface area contributed by atoms with E-state index in [2.05, 4.69) is 0 Å². The molecule has 2 aliphatic rings. The van der Waals surface area contributed by atoms with Crippen molar-refractivity contribution in [3.8, 4) is 5.75 Å². The maximum atomic E-state index is 10.1. The van der Waals surface area contributed by atoms with E-state index in [9.17, 15) is 5.11 Å². The summed E-state index contributed by atoms with van der Waals surface area (Å²) in [5.41, 5.74) is 1.35. The lowest BCUT2D eigenvalue weighted by molar-refractivity contribution is -0.207. The van der Waals surface area contributed by atoms with Gasteiger partial charge in [-0.1, -0.05) is 17.7 Å². The van der Waals surface area contributed by atoms with Gasteiger partial charge in [0.1, 0.15) is 17.5 Å². The summed E-state index contributed by atoms with van der Waals surface area (Å²) < 4.78 is 11.4. The highest BCUT2D eigenvalue weighted by Crippen LogP contribution is 2.44. The molecule has 16 heavy (non-hydrogen) atoms. The molecule has 2 heterocycles. The van der Waals surface area contributed by atoms with Crippen molar-refractivity contribution in [3.63, 3.8) is 0 Å². The first-order valence-corrected chi connectivity index (χ1v) is 5.41. The van der Waals surface area contributed by atoms with Crippen molar-refractivity contribution in [2.24, 2.45) is 0 Å². The Hall–Kier alpha value is -1.32. The minimum atomic E-state index is -0.695. The minimum absolute atomic E-state index is 0.386. The molecule has 1 N–H and O–H groups in total. The number of aliphatic hydroxyl groups is 1. The highest BCUT2D eigenvalue weighted by atomic mass is 16.7. The van der Waals surface area contributed by atoms with Crippen molar-refractivity contribution in [3.05, 3.63) is 41.5 Å². The molecule has 0 unspecified atom stereocenters. The average molecular weight is 218 g/mol. The van der Waals surface area contributed by atoms with Crippen LogP contribution in [0.5, 0.6) is 5.75 Å². The number of aryl methyl sites for hydroxylation is 1. The maximum absolute atomic E-state index is 10.1. The Morgan fingerprint density at radius 2 is 2.12 bits per heavy atom. The van der Waals surface area contributed by atoms with Gasteiger partial charge in [-0.05, 0) is 32.1 Å². The quantitative estimate of drug-likeness (QED) is 0.676. The predicted octanol–water partition coefficient (Wildman–Crippen LogP) is 1.88. The Labute approximate surface area is 94.3 Å². The fourth-order valence-corrected chi connectivity index (χ4v) is 2.28. The van der Waals surface area contributed by atoms with E-state index in [0.717, 1.165) is 16.9 Å². The van der Waals surface area contributed by atoms with Gasteiger partial charge in [-0.3, -0.25) is 0 Å². The van der Waals surface area contributed by atoms with Gasteiger partial charge in [0.05, 0.1) is 0 Å². The van der Waals surface area contributed by atoms with Gasteiger partial charge in [-0.15, -0.1) is 0 Å². The summed E-state index contributed by atoms with van der Waals surface area (Å²) in [6.45, 7) is 3.91. The molecule has 0 aliphatic carbocycles. The van der Waals surface area contributed by atoms with Crippen molar-refractivity contribution < 1.29 is 14.6 Å². The van der Waals surface area contributed by atoms with Crippen LogP contribution < -0.4 is 4.74 Å². The zero-order valence-corrected chi connectivity index (χ0v) is 9.31. The van der Waals surface area contributed by atoms with E-state index in [1.807, 2.05) is 32.0 Å². The summed E-state index contributed by atoms with van der Waals surface area (Å²) in [5.74, 6) is 0.799. The highest BCUT2D eigenvalue weighted by Gasteiger charge is 2.45. The van der Waals surface area contributed by atoms with Crippen LogP contribution in [0.1, 0.15) is 18.1 Å². The Bertz CT molecular complexity index is 466. The topological polar surface area (TPSA) is 38.7 Å². The molecule has 1 aromatic carbocycles. The van der Waals surface area contributed by atoms with Gasteiger partial charge in [-0.25, -0.2) is 0 Å².